The van der Waals surface area contributed by atoms with Crippen molar-refractivity contribution < 1.29 is 4.79 Å². The molecule has 0 aliphatic carbocycles. The van der Waals surface area contributed by atoms with Crippen LogP contribution in [-0.4, -0.2) is 25.4 Å². The van der Waals surface area contributed by atoms with Crippen LogP contribution in [-0.2, 0) is 5.41 Å². The molecule has 0 unspecified atom stereocenters. The van der Waals surface area contributed by atoms with Crippen molar-refractivity contribution in [2.24, 2.45) is 0 Å². The number of ketones is 1. The summed E-state index contributed by atoms with van der Waals surface area (Å²) in [6, 6.07) is 17.6. The molecule has 6 nitrogen and oxygen atoms in total. The minimum absolute atomic E-state index is 0.0436. The molecule has 4 aromatic rings. The number of carbonyl (C=O) groups is 1. The first-order valence-corrected chi connectivity index (χ1v) is 9.94. The fourth-order valence-corrected chi connectivity index (χ4v) is 3.25. The monoisotopic (exact) mass is 399 g/mol. The van der Waals surface area contributed by atoms with Gasteiger partial charge in [-0.2, -0.15) is 9.50 Å². The maximum Gasteiger partial charge on any atom is 0.254 e. The van der Waals surface area contributed by atoms with Gasteiger partial charge in [-0.3, -0.25) is 4.79 Å². The summed E-state index contributed by atoms with van der Waals surface area (Å²) in [4.78, 5) is 20.7. The first kappa shape index (κ1) is 19.8. The molecule has 4 rings (SSSR count). The molecule has 0 fully saturated rings. The van der Waals surface area contributed by atoms with E-state index in [2.05, 4.69) is 65.4 Å². The lowest BCUT2D eigenvalue weighted by Gasteiger charge is -2.18. The number of aromatic nitrogens is 4. The summed E-state index contributed by atoms with van der Waals surface area (Å²) in [6.45, 7) is 10.1. The highest BCUT2D eigenvalue weighted by molar-refractivity contribution is 5.94. The van der Waals surface area contributed by atoms with Gasteiger partial charge in [-0.1, -0.05) is 45.0 Å². The summed E-state index contributed by atoms with van der Waals surface area (Å²) in [7, 11) is 0. The Morgan fingerprint density at radius 2 is 1.63 bits per heavy atom. The van der Waals surface area contributed by atoms with Crippen LogP contribution < -0.4 is 5.32 Å². The minimum Gasteiger partial charge on any atom is -0.340 e. The molecule has 0 bridgehead atoms. The predicted octanol–water partition coefficient (Wildman–Crippen LogP) is 5.34. The highest BCUT2D eigenvalue weighted by Gasteiger charge is 2.15. The summed E-state index contributed by atoms with van der Waals surface area (Å²) < 4.78 is 1.71. The molecule has 0 aliphatic rings. The van der Waals surface area contributed by atoms with Gasteiger partial charge >= 0.3 is 0 Å². The molecular formula is C24H25N5O. The van der Waals surface area contributed by atoms with Crippen LogP contribution in [0.1, 0.15) is 49.3 Å². The Labute approximate surface area is 176 Å². The number of carbonyl (C=O) groups excluding carboxylic acids is 1. The van der Waals surface area contributed by atoms with Crippen LogP contribution in [0.5, 0.6) is 0 Å². The number of nitrogens with zero attached hydrogens (tertiary/aromatic N) is 4. The Morgan fingerprint density at radius 3 is 2.23 bits per heavy atom. The van der Waals surface area contributed by atoms with E-state index in [9.17, 15) is 4.79 Å². The Balaban J connectivity index is 1.70. The Bertz CT molecular complexity index is 1220. The van der Waals surface area contributed by atoms with Crippen molar-refractivity contribution in [3.05, 3.63) is 71.4 Å². The number of hydrogen-bond acceptors (Lipinski definition) is 5. The van der Waals surface area contributed by atoms with Gasteiger partial charge in [0.25, 0.3) is 5.78 Å². The average molecular weight is 399 g/mol. The van der Waals surface area contributed by atoms with Crippen LogP contribution in [0, 0.1) is 6.92 Å². The van der Waals surface area contributed by atoms with Gasteiger partial charge in [0.05, 0.1) is 0 Å². The van der Waals surface area contributed by atoms with E-state index in [4.69, 9.17) is 0 Å². The van der Waals surface area contributed by atoms with E-state index in [1.807, 2.05) is 25.1 Å². The number of rotatable bonds is 4. The number of fused-ring (bicyclic) bond motifs is 1. The molecule has 0 spiro atoms. The third-order valence-corrected chi connectivity index (χ3v) is 5.01. The van der Waals surface area contributed by atoms with E-state index in [0.29, 0.717) is 17.2 Å². The van der Waals surface area contributed by atoms with E-state index >= 15 is 0 Å². The zero-order chi connectivity index (χ0) is 21.5. The fraction of sp³-hybridized carbons (Fsp3) is 0.250. The molecule has 0 amide bonds. The van der Waals surface area contributed by atoms with Crippen molar-refractivity contribution in [2.75, 3.05) is 5.32 Å². The topological polar surface area (TPSA) is 72.2 Å². The second-order valence-electron chi connectivity index (χ2n) is 8.52. The van der Waals surface area contributed by atoms with Gasteiger partial charge < -0.3 is 5.32 Å². The van der Waals surface area contributed by atoms with Gasteiger partial charge in [-0.05, 0) is 49.1 Å². The first-order valence-electron chi connectivity index (χ1n) is 9.94. The maximum absolute atomic E-state index is 11.5. The van der Waals surface area contributed by atoms with Gasteiger partial charge in [0.1, 0.15) is 5.82 Å². The standard InChI is InChI=1S/C24H25N5O/c1-15-14-21(26-20-12-8-17(9-13-20)16(2)30)29-23(25-15)27-22(28-29)18-6-10-19(11-7-18)24(3,4)5/h6-14,26H,1-5H3. The molecule has 0 aliphatic heterocycles. The molecule has 1 N–H and O–H groups in total. The quantitative estimate of drug-likeness (QED) is 0.469. The Kier molecular flexibility index (Phi) is 4.86. The molecule has 0 radical (unpaired) electrons. The Hall–Kier alpha value is -3.54. The minimum atomic E-state index is 0.0436. The Morgan fingerprint density at radius 1 is 0.967 bits per heavy atom. The van der Waals surface area contributed by atoms with E-state index in [1.165, 1.54) is 5.56 Å². The van der Waals surface area contributed by atoms with E-state index in [-0.39, 0.29) is 11.2 Å². The molecule has 30 heavy (non-hydrogen) atoms. The number of benzene rings is 2. The average Bonchev–Trinajstić information content (AvgIpc) is 3.12. The van der Waals surface area contributed by atoms with Crippen molar-refractivity contribution in [2.45, 2.75) is 40.0 Å². The van der Waals surface area contributed by atoms with Gasteiger partial charge in [-0.15, -0.1) is 5.10 Å². The van der Waals surface area contributed by atoms with Crippen LogP contribution in [0.25, 0.3) is 17.2 Å². The maximum atomic E-state index is 11.5. The van der Waals surface area contributed by atoms with Crippen LogP contribution in [0.3, 0.4) is 0 Å². The molecule has 152 valence electrons. The van der Waals surface area contributed by atoms with Crippen LogP contribution in [0.4, 0.5) is 11.5 Å². The lowest BCUT2D eigenvalue weighted by molar-refractivity contribution is 0.101. The number of nitrogens with one attached hydrogen (secondary N) is 1. The summed E-state index contributed by atoms with van der Waals surface area (Å²) in [6.07, 6.45) is 0. The van der Waals surface area contributed by atoms with E-state index in [1.54, 1.807) is 23.6 Å². The molecule has 2 aromatic carbocycles. The summed E-state index contributed by atoms with van der Waals surface area (Å²) in [5.74, 6) is 1.97. The lowest BCUT2D eigenvalue weighted by atomic mass is 9.87. The number of Topliss-reactive ketones (excluding diaryl/α,β-unsaturated/α-hetero) is 1. The van der Waals surface area contributed by atoms with E-state index < -0.39 is 0 Å². The molecule has 0 atom stereocenters. The third kappa shape index (κ3) is 3.94. The van der Waals surface area contributed by atoms with Gasteiger partial charge in [-0.25, -0.2) is 4.98 Å². The number of hydrogen-bond donors (Lipinski definition) is 1. The molecule has 2 heterocycles. The number of anilines is 2. The van der Waals surface area contributed by atoms with Crippen molar-refractivity contribution >= 4 is 23.1 Å². The van der Waals surface area contributed by atoms with Crippen molar-refractivity contribution in [1.82, 2.24) is 19.6 Å². The second kappa shape index (κ2) is 7.37. The van der Waals surface area contributed by atoms with Crippen LogP contribution >= 0.6 is 0 Å². The molecular weight excluding hydrogens is 374 g/mol. The zero-order valence-electron chi connectivity index (χ0n) is 17.9. The summed E-state index contributed by atoms with van der Waals surface area (Å²) >= 11 is 0. The van der Waals surface area contributed by atoms with Crippen molar-refractivity contribution in [1.29, 1.82) is 0 Å². The smallest absolute Gasteiger partial charge is 0.254 e. The van der Waals surface area contributed by atoms with Crippen LogP contribution in [0.2, 0.25) is 0 Å². The van der Waals surface area contributed by atoms with E-state index in [0.717, 1.165) is 22.8 Å². The molecule has 0 saturated carbocycles. The lowest BCUT2D eigenvalue weighted by Crippen LogP contribution is -2.10. The zero-order valence-corrected chi connectivity index (χ0v) is 17.9. The van der Waals surface area contributed by atoms with Crippen LogP contribution in [0.15, 0.2) is 54.6 Å². The highest BCUT2D eigenvalue weighted by Crippen LogP contribution is 2.26. The summed E-state index contributed by atoms with van der Waals surface area (Å²) in [5.41, 5.74) is 4.69. The molecule has 6 heteroatoms. The largest absolute Gasteiger partial charge is 0.340 e. The predicted molar refractivity (Wildman–Crippen MR) is 119 cm³/mol. The first-order chi connectivity index (χ1) is 14.2. The second-order valence-corrected chi connectivity index (χ2v) is 8.52. The third-order valence-electron chi connectivity index (χ3n) is 5.01. The normalized spacial score (nSPS) is 11.6. The summed E-state index contributed by atoms with van der Waals surface area (Å²) in [5, 5.41) is 8.04. The molecule has 2 aromatic heterocycles. The van der Waals surface area contributed by atoms with Gasteiger partial charge in [0.15, 0.2) is 11.6 Å². The number of aryl methyl sites for hydroxylation is 1. The van der Waals surface area contributed by atoms with Gasteiger partial charge in [0.2, 0.25) is 0 Å². The molecule has 0 saturated heterocycles. The fourth-order valence-electron chi connectivity index (χ4n) is 3.25. The van der Waals surface area contributed by atoms with Crippen molar-refractivity contribution in [3.8, 4) is 11.4 Å². The highest BCUT2D eigenvalue weighted by atomic mass is 16.1. The van der Waals surface area contributed by atoms with Gasteiger partial charge in [0, 0.05) is 28.6 Å². The SMILES string of the molecule is CC(=O)c1ccc(Nc2cc(C)nc3nc(-c4ccc(C(C)(C)C)cc4)nn23)cc1. The van der Waals surface area contributed by atoms with Crippen molar-refractivity contribution in [3.63, 3.8) is 0 Å².